The maximum Gasteiger partial charge on any atom is 0.148 e. The molecule has 0 aromatic heterocycles. The van der Waals surface area contributed by atoms with Crippen molar-refractivity contribution in [2.45, 2.75) is 32.9 Å². The summed E-state index contributed by atoms with van der Waals surface area (Å²) in [4.78, 5) is 1.82. The Bertz CT molecular complexity index is 322. The van der Waals surface area contributed by atoms with E-state index < -0.39 is 9.84 Å². The third-order valence-corrected chi connectivity index (χ3v) is 3.91. The van der Waals surface area contributed by atoms with Crippen molar-refractivity contribution in [3.8, 4) is 0 Å². The normalized spacial score (nSPS) is 17.2. The molecule has 0 rings (SSSR count). The van der Waals surface area contributed by atoms with Crippen LogP contribution in [0.4, 0.5) is 0 Å². The molecule has 0 bridgehead atoms. The van der Waals surface area contributed by atoms with Crippen molar-refractivity contribution in [3.05, 3.63) is 0 Å². The zero-order valence-corrected chi connectivity index (χ0v) is 12.3. The van der Waals surface area contributed by atoms with E-state index >= 15 is 0 Å². The minimum absolute atomic E-state index is 0.0707. The molecule has 5 nitrogen and oxygen atoms in total. The van der Waals surface area contributed by atoms with Gasteiger partial charge in [-0.05, 0) is 12.5 Å². The first kappa shape index (κ1) is 16.8. The maximum absolute atomic E-state index is 11.1. The van der Waals surface area contributed by atoms with Crippen molar-refractivity contribution in [1.29, 1.82) is 0 Å². The lowest BCUT2D eigenvalue weighted by Gasteiger charge is -2.38. The summed E-state index contributed by atoms with van der Waals surface area (Å²) in [6.45, 7) is 6.33. The number of aliphatic hydroxyl groups is 1. The molecular formula is C11H26N2O3S. The largest absolute Gasteiger partial charge is 0.395 e. The fourth-order valence-corrected chi connectivity index (χ4v) is 2.20. The number of nitrogens with zero attached hydrogens (tertiary/aromatic N) is 1. The van der Waals surface area contributed by atoms with Gasteiger partial charge in [0.25, 0.3) is 0 Å². The lowest BCUT2D eigenvalue weighted by Crippen LogP contribution is -2.55. The molecule has 0 aromatic carbocycles. The van der Waals surface area contributed by atoms with Crippen LogP contribution in [0.5, 0.6) is 0 Å². The molecule has 0 heterocycles. The zero-order valence-electron chi connectivity index (χ0n) is 11.5. The Morgan fingerprint density at radius 1 is 1.35 bits per heavy atom. The molecule has 0 aliphatic heterocycles. The SMILES string of the molecule is CN(CCS(C)(=O)=O)C(CO)C(N)C(C)(C)C. The zero-order chi connectivity index (χ0) is 13.9. The summed E-state index contributed by atoms with van der Waals surface area (Å²) in [5.41, 5.74) is 5.96. The van der Waals surface area contributed by atoms with E-state index in [2.05, 4.69) is 0 Å². The second-order valence-electron chi connectivity index (χ2n) is 5.75. The number of sulfone groups is 1. The topological polar surface area (TPSA) is 83.6 Å². The number of likely N-dealkylation sites (N-methyl/N-ethyl adjacent to an activating group) is 1. The van der Waals surface area contributed by atoms with E-state index in [0.29, 0.717) is 6.54 Å². The van der Waals surface area contributed by atoms with E-state index in [-0.39, 0.29) is 29.9 Å². The molecule has 104 valence electrons. The van der Waals surface area contributed by atoms with E-state index in [1.54, 1.807) is 7.05 Å². The van der Waals surface area contributed by atoms with Gasteiger partial charge >= 0.3 is 0 Å². The van der Waals surface area contributed by atoms with Crippen LogP contribution in [0, 0.1) is 5.41 Å². The van der Waals surface area contributed by atoms with Crippen LogP contribution in [0.25, 0.3) is 0 Å². The molecule has 3 N–H and O–H groups in total. The molecule has 0 aromatic rings. The predicted molar refractivity (Wildman–Crippen MR) is 70.6 cm³/mol. The van der Waals surface area contributed by atoms with Gasteiger partial charge < -0.3 is 10.8 Å². The van der Waals surface area contributed by atoms with Gasteiger partial charge in [0, 0.05) is 24.9 Å². The van der Waals surface area contributed by atoms with Crippen molar-refractivity contribution < 1.29 is 13.5 Å². The molecule has 0 amide bonds. The number of hydrogen-bond donors (Lipinski definition) is 2. The molecule has 0 saturated carbocycles. The van der Waals surface area contributed by atoms with E-state index in [4.69, 9.17) is 5.73 Å². The molecule has 0 saturated heterocycles. The van der Waals surface area contributed by atoms with Gasteiger partial charge in [-0.15, -0.1) is 0 Å². The molecule has 0 spiro atoms. The van der Waals surface area contributed by atoms with Gasteiger partial charge in [-0.2, -0.15) is 0 Å². The summed E-state index contributed by atoms with van der Waals surface area (Å²) in [7, 11) is -1.20. The highest BCUT2D eigenvalue weighted by Gasteiger charge is 2.31. The predicted octanol–water partition coefficient (Wildman–Crippen LogP) is -0.303. The van der Waals surface area contributed by atoms with E-state index in [9.17, 15) is 13.5 Å². The van der Waals surface area contributed by atoms with Crippen LogP contribution in [-0.2, 0) is 9.84 Å². The molecule has 6 heteroatoms. The fourth-order valence-electron chi connectivity index (χ4n) is 1.58. The van der Waals surface area contributed by atoms with E-state index in [0.717, 1.165) is 0 Å². The fraction of sp³-hybridized carbons (Fsp3) is 1.00. The smallest absolute Gasteiger partial charge is 0.148 e. The molecule has 2 unspecified atom stereocenters. The highest BCUT2D eigenvalue weighted by molar-refractivity contribution is 7.90. The molecule has 0 aliphatic rings. The van der Waals surface area contributed by atoms with Gasteiger partial charge in [0.1, 0.15) is 9.84 Å². The highest BCUT2D eigenvalue weighted by Crippen LogP contribution is 2.22. The molecular weight excluding hydrogens is 240 g/mol. The third kappa shape index (κ3) is 6.35. The number of rotatable bonds is 6. The van der Waals surface area contributed by atoms with Crippen LogP contribution in [0.3, 0.4) is 0 Å². The van der Waals surface area contributed by atoms with Crippen molar-refractivity contribution >= 4 is 9.84 Å². The summed E-state index contributed by atoms with van der Waals surface area (Å²) in [5, 5.41) is 9.39. The monoisotopic (exact) mass is 266 g/mol. The Kier molecular flexibility index (Phi) is 6.07. The minimum Gasteiger partial charge on any atom is -0.395 e. The quantitative estimate of drug-likeness (QED) is 0.689. The van der Waals surface area contributed by atoms with Gasteiger partial charge in [0.2, 0.25) is 0 Å². The van der Waals surface area contributed by atoms with E-state index in [1.165, 1.54) is 6.26 Å². The standard InChI is InChI=1S/C11H26N2O3S/c1-11(2,3)10(12)9(8-14)13(4)6-7-17(5,15)16/h9-10,14H,6-8,12H2,1-5H3. The first-order valence-electron chi connectivity index (χ1n) is 5.73. The molecule has 0 fully saturated rings. The van der Waals surface area contributed by atoms with Crippen LogP contribution >= 0.6 is 0 Å². The Hall–Kier alpha value is -0.170. The van der Waals surface area contributed by atoms with Crippen LogP contribution in [0.2, 0.25) is 0 Å². The van der Waals surface area contributed by atoms with Crippen LogP contribution in [-0.4, -0.2) is 62.7 Å². The van der Waals surface area contributed by atoms with Crippen molar-refractivity contribution in [1.82, 2.24) is 4.90 Å². The van der Waals surface area contributed by atoms with Gasteiger partial charge in [-0.3, -0.25) is 4.90 Å². The van der Waals surface area contributed by atoms with Gasteiger partial charge in [-0.25, -0.2) is 8.42 Å². The van der Waals surface area contributed by atoms with Crippen LogP contribution in [0.1, 0.15) is 20.8 Å². The van der Waals surface area contributed by atoms with Gasteiger partial charge in [0.05, 0.1) is 12.4 Å². The second kappa shape index (κ2) is 6.13. The molecule has 0 radical (unpaired) electrons. The van der Waals surface area contributed by atoms with Crippen molar-refractivity contribution in [3.63, 3.8) is 0 Å². The molecule has 0 aliphatic carbocycles. The summed E-state index contributed by atoms with van der Waals surface area (Å²) in [6, 6.07) is -0.436. The Labute approximate surface area is 105 Å². The first-order chi connectivity index (χ1) is 7.49. The number of nitrogens with two attached hydrogens (primary N) is 1. The third-order valence-electron chi connectivity index (χ3n) is 2.98. The van der Waals surface area contributed by atoms with Crippen LogP contribution < -0.4 is 5.73 Å². The molecule has 2 atom stereocenters. The summed E-state index contributed by atoms with van der Waals surface area (Å²) < 4.78 is 22.2. The molecule has 17 heavy (non-hydrogen) atoms. The Morgan fingerprint density at radius 2 is 1.82 bits per heavy atom. The number of aliphatic hydroxyl groups excluding tert-OH is 1. The first-order valence-corrected chi connectivity index (χ1v) is 7.79. The maximum atomic E-state index is 11.1. The van der Waals surface area contributed by atoms with Crippen molar-refractivity contribution in [2.75, 3.05) is 32.2 Å². The lowest BCUT2D eigenvalue weighted by atomic mass is 9.82. The Balaban J connectivity index is 4.56. The minimum atomic E-state index is -2.99. The van der Waals surface area contributed by atoms with Gasteiger partial charge in [0.15, 0.2) is 0 Å². The Morgan fingerprint density at radius 3 is 2.12 bits per heavy atom. The number of hydrogen-bond acceptors (Lipinski definition) is 5. The van der Waals surface area contributed by atoms with E-state index in [1.807, 2.05) is 25.7 Å². The van der Waals surface area contributed by atoms with Gasteiger partial charge in [-0.1, -0.05) is 20.8 Å². The van der Waals surface area contributed by atoms with Crippen molar-refractivity contribution in [2.24, 2.45) is 11.1 Å². The average Bonchev–Trinajstić information content (AvgIpc) is 2.13. The summed E-state index contributed by atoms with van der Waals surface area (Å²) >= 11 is 0. The summed E-state index contributed by atoms with van der Waals surface area (Å²) in [5.74, 6) is 0.0802. The lowest BCUT2D eigenvalue weighted by molar-refractivity contribution is 0.0930. The average molecular weight is 266 g/mol. The summed E-state index contributed by atoms with van der Waals surface area (Å²) in [6.07, 6.45) is 1.21. The highest BCUT2D eigenvalue weighted by atomic mass is 32.2. The van der Waals surface area contributed by atoms with Crippen LogP contribution in [0.15, 0.2) is 0 Å². The second-order valence-corrected chi connectivity index (χ2v) is 8.01.